The summed E-state index contributed by atoms with van der Waals surface area (Å²) >= 11 is 6.71. The molecule has 1 rings (SSSR count). The van der Waals surface area contributed by atoms with Crippen LogP contribution in [0.2, 0.25) is 0 Å². The molecule has 0 aliphatic rings. The molecule has 6 heteroatoms. The smallest absolute Gasteiger partial charge is 0.303 e. The van der Waals surface area contributed by atoms with Crippen LogP contribution < -0.4 is 5.32 Å². The molecule has 0 bridgehead atoms. The van der Waals surface area contributed by atoms with Gasteiger partial charge in [-0.25, -0.2) is 0 Å². The second-order valence-electron chi connectivity index (χ2n) is 5.69. The summed E-state index contributed by atoms with van der Waals surface area (Å²) in [5.74, 6) is -0.922. The number of rotatable bonds is 7. The second kappa shape index (κ2) is 7.94. The lowest BCUT2D eigenvalue weighted by Gasteiger charge is -2.23. The zero-order chi connectivity index (χ0) is 16.0. The van der Waals surface area contributed by atoms with Crippen molar-refractivity contribution in [1.29, 1.82) is 0 Å². The summed E-state index contributed by atoms with van der Waals surface area (Å²) in [6, 6.07) is 5.39. The van der Waals surface area contributed by atoms with Gasteiger partial charge in [0, 0.05) is 21.9 Å². The van der Waals surface area contributed by atoms with Crippen LogP contribution in [0.25, 0.3) is 0 Å². The lowest BCUT2D eigenvalue weighted by Crippen LogP contribution is -2.28. The number of aliphatic carboxylic acids is 1. The number of carboxylic acids is 1. The van der Waals surface area contributed by atoms with Gasteiger partial charge >= 0.3 is 5.97 Å². The molecule has 0 unspecified atom stereocenters. The van der Waals surface area contributed by atoms with Crippen molar-refractivity contribution in [1.82, 2.24) is 5.32 Å². The van der Waals surface area contributed by atoms with Gasteiger partial charge in [-0.3, -0.25) is 9.59 Å². The van der Waals surface area contributed by atoms with Crippen LogP contribution in [0.5, 0.6) is 0 Å². The third-order valence-corrected chi connectivity index (χ3v) is 4.43. The Morgan fingerprint density at radius 3 is 2.48 bits per heavy atom. The molecule has 0 saturated carbocycles. The first-order chi connectivity index (χ1) is 9.71. The Kier molecular flexibility index (Phi) is 6.87. The average molecular weight is 421 g/mol. The number of carbonyl (C=O) groups is 2. The molecule has 1 aromatic carbocycles. The van der Waals surface area contributed by atoms with Gasteiger partial charge in [-0.1, -0.05) is 29.8 Å². The number of carbonyl (C=O) groups excluding carboxylic acids is 1. The van der Waals surface area contributed by atoms with E-state index in [1.54, 1.807) is 6.07 Å². The van der Waals surface area contributed by atoms with Gasteiger partial charge in [-0.2, -0.15) is 0 Å². The van der Waals surface area contributed by atoms with E-state index in [1.165, 1.54) is 0 Å². The van der Waals surface area contributed by atoms with Gasteiger partial charge in [0.15, 0.2) is 0 Å². The van der Waals surface area contributed by atoms with Crippen molar-refractivity contribution < 1.29 is 14.7 Å². The minimum absolute atomic E-state index is 0.109. The summed E-state index contributed by atoms with van der Waals surface area (Å²) in [6.45, 7) is 4.54. The summed E-state index contributed by atoms with van der Waals surface area (Å²) < 4.78 is 1.64. The molecule has 0 aromatic heterocycles. The summed E-state index contributed by atoms with van der Waals surface area (Å²) in [4.78, 5) is 22.7. The molecule has 0 heterocycles. The highest BCUT2D eigenvalue weighted by Crippen LogP contribution is 2.26. The van der Waals surface area contributed by atoms with Crippen LogP contribution in [0.1, 0.15) is 43.5 Å². The Morgan fingerprint density at radius 2 is 1.90 bits per heavy atom. The molecule has 0 aliphatic heterocycles. The highest BCUT2D eigenvalue weighted by molar-refractivity contribution is 9.11. The van der Waals surface area contributed by atoms with Gasteiger partial charge < -0.3 is 10.4 Å². The standard InChI is InChI=1S/C15H19Br2NO3/c1-15(2,6-5-13(19)20)7-8-18-14(21)11-4-3-10(16)9-12(11)17/h3-4,9H,5-8H2,1-2H3,(H,18,21)(H,19,20). The molecular formula is C15H19Br2NO3. The number of nitrogens with one attached hydrogen (secondary N) is 1. The van der Waals surface area contributed by atoms with Crippen LogP contribution >= 0.6 is 31.9 Å². The quantitative estimate of drug-likeness (QED) is 0.693. The van der Waals surface area contributed by atoms with E-state index >= 15 is 0 Å². The molecule has 21 heavy (non-hydrogen) atoms. The number of hydrogen-bond acceptors (Lipinski definition) is 2. The molecule has 4 nitrogen and oxygen atoms in total. The van der Waals surface area contributed by atoms with Gasteiger partial charge in [0.25, 0.3) is 5.91 Å². The minimum atomic E-state index is -0.786. The van der Waals surface area contributed by atoms with Crippen molar-refractivity contribution in [3.8, 4) is 0 Å². The zero-order valence-corrected chi connectivity index (χ0v) is 15.3. The van der Waals surface area contributed by atoms with Crippen LogP contribution in [0.4, 0.5) is 0 Å². The van der Waals surface area contributed by atoms with Crippen LogP contribution in [0, 0.1) is 5.41 Å². The topological polar surface area (TPSA) is 66.4 Å². The molecule has 0 atom stereocenters. The predicted molar refractivity (Wildman–Crippen MR) is 89.4 cm³/mol. The first-order valence-electron chi connectivity index (χ1n) is 6.66. The second-order valence-corrected chi connectivity index (χ2v) is 7.46. The predicted octanol–water partition coefficient (Wildman–Crippen LogP) is 4.22. The molecule has 0 saturated heterocycles. The Bertz CT molecular complexity index is 530. The SMILES string of the molecule is CC(C)(CCNC(=O)c1ccc(Br)cc1Br)CCC(=O)O. The lowest BCUT2D eigenvalue weighted by molar-refractivity contribution is -0.137. The third-order valence-electron chi connectivity index (χ3n) is 3.28. The van der Waals surface area contributed by atoms with E-state index in [0.717, 1.165) is 15.4 Å². The van der Waals surface area contributed by atoms with E-state index in [2.05, 4.69) is 37.2 Å². The molecule has 116 valence electrons. The summed E-state index contributed by atoms with van der Waals surface area (Å²) in [5, 5.41) is 11.6. The maximum absolute atomic E-state index is 12.1. The van der Waals surface area contributed by atoms with Gasteiger partial charge in [0.2, 0.25) is 0 Å². The molecule has 0 fully saturated rings. The van der Waals surface area contributed by atoms with Gasteiger partial charge in [-0.15, -0.1) is 0 Å². The summed E-state index contributed by atoms with van der Waals surface area (Å²) in [7, 11) is 0. The molecule has 1 aromatic rings. The largest absolute Gasteiger partial charge is 0.481 e. The minimum Gasteiger partial charge on any atom is -0.481 e. The van der Waals surface area contributed by atoms with E-state index in [4.69, 9.17) is 5.11 Å². The van der Waals surface area contributed by atoms with E-state index in [9.17, 15) is 9.59 Å². The maximum atomic E-state index is 12.1. The fourth-order valence-corrected chi connectivity index (χ4v) is 3.08. The van der Waals surface area contributed by atoms with Crippen LogP contribution in [0.3, 0.4) is 0 Å². The van der Waals surface area contributed by atoms with Crippen molar-refractivity contribution in [3.05, 3.63) is 32.7 Å². The Labute approximate surface area is 141 Å². The van der Waals surface area contributed by atoms with Crippen molar-refractivity contribution >= 4 is 43.7 Å². The molecular weight excluding hydrogens is 402 g/mol. The molecule has 0 aliphatic carbocycles. The van der Waals surface area contributed by atoms with E-state index < -0.39 is 5.97 Å². The maximum Gasteiger partial charge on any atom is 0.303 e. The first kappa shape index (κ1) is 18.2. The average Bonchev–Trinajstić information content (AvgIpc) is 2.36. The number of benzene rings is 1. The molecule has 0 spiro atoms. The van der Waals surface area contributed by atoms with Gasteiger partial charge in [-0.05, 0) is 52.4 Å². The number of halogens is 2. The van der Waals surface area contributed by atoms with Crippen LogP contribution in [-0.2, 0) is 4.79 Å². The third kappa shape index (κ3) is 6.61. The van der Waals surface area contributed by atoms with Crippen molar-refractivity contribution in [2.75, 3.05) is 6.54 Å². The van der Waals surface area contributed by atoms with Crippen molar-refractivity contribution in [2.24, 2.45) is 5.41 Å². The van der Waals surface area contributed by atoms with E-state index in [0.29, 0.717) is 18.5 Å². The number of amides is 1. The highest BCUT2D eigenvalue weighted by atomic mass is 79.9. The van der Waals surface area contributed by atoms with Crippen molar-refractivity contribution in [2.45, 2.75) is 33.1 Å². The summed E-state index contributed by atoms with van der Waals surface area (Å²) in [6.07, 6.45) is 1.49. The van der Waals surface area contributed by atoms with Crippen molar-refractivity contribution in [3.63, 3.8) is 0 Å². The summed E-state index contributed by atoms with van der Waals surface area (Å²) in [5.41, 5.74) is 0.476. The normalized spacial score (nSPS) is 11.2. The van der Waals surface area contributed by atoms with Crippen LogP contribution in [0.15, 0.2) is 27.1 Å². The Hall–Kier alpha value is -0.880. The number of hydrogen-bond donors (Lipinski definition) is 2. The fraction of sp³-hybridized carbons (Fsp3) is 0.467. The highest BCUT2D eigenvalue weighted by Gasteiger charge is 2.19. The first-order valence-corrected chi connectivity index (χ1v) is 8.25. The van der Waals surface area contributed by atoms with E-state index in [1.807, 2.05) is 26.0 Å². The Morgan fingerprint density at radius 1 is 1.24 bits per heavy atom. The van der Waals surface area contributed by atoms with Gasteiger partial charge in [0.05, 0.1) is 5.56 Å². The Balaban J connectivity index is 2.48. The molecule has 2 N–H and O–H groups in total. The molecule has 0 radical (unpaired) electrons. The van der Waals surface area contributed by atoms with E-state index in [-0.39, 0.29) is 17.7 Å². The lowest BCUT2D eigenvalue weighted by atomic mass is 9.84. The van der Waals surface area contributed by atoms with Gasteiger partial charge in [0.1, 0.15) is 0 Å². The zero-order valence-electron chi connectivity index (χ0n) is 12.1. The molecule has 1 amide bonds. The van der Waals surface area contributed by atoms with Crippen LogP contribution in [-0.4, -0.2) is 23.5 Å². The monoisotopic (exact) mass is 419 g/mol. The fourth-order valence-electron chi connectivity index (χ4n) is 1.85. The number of carboxylic acid groups (broad SMARTS) is 1.